The van der Waals surface area contributed by atoms with Gasteiger partial charge in [-0.15, -0.1) is 0 Å². The minimum absolute atomic E-state index is 0.266. The molecule has 8 heteroatoms. The molecule has 0 aliphatic heterocycles. The van der Waals surface area contributed by atoms with Gasteiger partial charge in [0.15, 0.2) is 0 Å². The lowest BCUT2D eigenvalue weighted by molar-refractivity contribution is -0.271. The van der Waals surface area contributed by atoms with Crippen LogP contribution in [0.15, 0.2) is 0 Å². The standard InChI is InChI=1S/C10H16F3NO4/c1-4-6(3)7(15)14-9(17,10(11,12)13)8(16)18-5-2/h6,17H,4-5H2,1-3H3,(H,14,15)/t6-,9-/m1/s1. The van der Waals surface area contributed by atoms with Gasteiger partial charge in [-0.05, 0) is 13.3 Å². The maximum atomic E-state index is 12.6. The third kappa shape index (κ3) is 3.59. The second kappa shape index (κ2) is 6.03. The summed E-state index contributed by atoms with van der Waals surface area (Å²) in [6.45, 7) is 3.89. The molecule has 18 heavy (non-hydrogen) atoms. The Morgan fingerprint density at radius 1 is 1.33 bits per heavy atom. The topological polar surface area (TPSA) is 75.6 Å². The Balaban J connectivity index is 5.14. The van der Waals surface area contributed by atoms with Crippen LogP contribution in [0.2, 0.25) is 0 Å². The number of rotatable bonds is 5. The first-order valence-electron chi connectivity index (χ1n) is 5.38. The second-order valence-electron chi connectivity index (χ2n) is 3.73. The minimum Gasteiger partial charge on any atom is -0.462 e. The molecular weight excluding hydrogens is 255 g/mol. The van der Waals surface area contributed by atoms with E-state index in [-0.39, 0.29) is 13.0 Å². The van der Waals surface area contributed by atoms with Gasteiger partial charge in [-0.2, -0.15) is 13.2 Å². The molecule has 0 spiro atoms. The van der Waals surface area contributed by atoms with E-state index >= 15 is 0 Å². The normalized spacial score (nSPS) is 16.6. The molecule has 0 aliphatic carbocycles. The lowest BCUT2D eigenvalue weighted by Crippen LogP contribution is -2.65. The summed E-state index contributed by atoms with van der Waals surface area (Å²) in [7, 11) is 0. The van der Waals surface area contributed by atoms with Crippen LogP contribution in [0.3, 0.4) is 0 Å². The van der Waals surface area contributed by atoms with E-state index in [2.05, 4.69) is 4.74 Å². The highest BCUT2D eigenvalue weighted by Gasteiger charge is 2.62. The molecule has 106 valence electrons. The molecule has 0 fully saturated rings. The van der Waals surface area contributed by atoms with E-state index in [1.807, 2.05) is 0 Å². The number of carbonyl (C=O) groups excluding carboxylic acids is 2. The predicted octanol–water partition coefficient (Wildman–Crippen LogP) is 0.963. The molecule has 5 nitrogen and oxygen atoms in total. The van der Waals surface area contributed by atoms with E-state index in [9.17, 15) is 27.9 Å². The summed E-state index contributed by atoms with van der Waals surface area (Å²) in [5.41, 5.74) is -4.01. The highest BCUT2D eigenvalue weighted by atomic mass is 19.4. The monoisotopic (exact) mass is 271 g/mol. The van der Waals surface area contributed by atoms with E-state index in [1.54, 1.807) is 6.92 Å². The van der Waals surface area contributed by atoms with Crippen molar-refractivity contribution in [1.29, 1.82) is 0 Å². The van der Waals surface area contributed by atoms with Crippen molar-refractivity contribution >= 4 is 11.9 Å². The Morgan fingerprint density at radius 3 is 2.17 bits per heavy atom. The van der Waals surface area contributed by atoms with Gasteiger partial charge in [-0.25, -0.2) is 4.79 Å². The third-order valence-corrected chi connectivity index (χ3v) is 2.35. The summed E-state index contributed by atoms with van der Waals surface area (Å²) in [5, 5.41) is 10.6. The van der Waals surface area contributed by atoms with Gasteiger partial charge in [0, 0.05) is 5.92 Å². The van der Waals surface area contributed by atoms with Gasteiger partial charge in [0.1, 0.15) is 0 Å². The fourth-order valence-corrected chi connectivity index (χ4v) is 0.960. The van der Waals surface area contributed by atoms with Crippen molar-refractivity contribution in [3.8, 4) is 0 Å². The Hall–Kier alpha value is -1.31. The molecule has 2 N–H and O–H groups in total. The van der Waals surface area contributed by atoms with Crippen LogP contribution in [0.25, 0.3) is 0 Å². The molecule has 0 bridgehead atoms. The van der Waals surface area contributed by atoms with Crippen molar-refractivity contribution in [3.05, 3.63) is 0 Å². The van der Waals surface area contributed by atoms with E-state index in [0.717, 1.165) is 0 Å². The van der Waals surface area contributed by atoms with Crippen molar-refractivity contribution in [2.24, 2.45) is 5.92 Å². The van der Waals surface area contributed by atoms with Gasteiger partial charge < -0.3 is 15.2 Å². The Morgan fingerprint density at radius 2 is 1.83 bits per heavy atom. The van der Waals surface area contributed by atoms with Crippen LogP contribution in [0, 0.1) is 5.92 Å². The first kappa shape index (κ1) is 16.7. The Labute approximate surface area is 102 Å². The zero-order valence-electron chi connectivity index (χ0n) is 10.3. The molecule has 2 atom stereocenters. The molecular formula is C10H16F3NO4. The van der Waals surface area contributed by atoms with Gasteiger partial charge in [0.2, 0.25) is 5.91 Å². The maximum Gasteiger partial charge on any atom is 0.448 e. The van der Waals surface area contributed by atoms with Gasteiger partial charge in [0.05, 0.1) is 6.61 Å². The average molecular weight is 271 g/mol. The van der Waals surface area contributed by atoms with E-state index in [0.29, 0.717) is 0 Å². The van der Waals surface area contributed by atoms with Crippen molar-refractivity contribution < 1.29 is 32.6 Å². The first-order chi connectivity index (χ1) is 8.10. The highest BCUT2D eigenvalue weighted by Crippen LogP contribution is 2.29. The van der Waals surface area contributed by atoms with Crippen LogP contribution < -0.4 is 5.32 Å². The van der Waals surface area contributed by atoms with Crippen LogP contribution in [0.5, 0.6) is 0 Å². The van der Waals surface area contributed by atoms with E-state index < -0.39 is 29.7 Å². The number of hydrogen-bond donors (Lipinski definition) is 2. The van der Waals surface area contributed by atoms with Gasteiger partial charge in [-0.1, -0.05) is 13.8 Å². The third-order valence-electron chi connectivity index (χ3n) is 2.35. The molecule has 0 saturated heterocycles. The zero-order valence-corrected chi connectivity index (χ0v) is 10.3. The molecule has 0 radical (unpaired) electrons. The SMILES string of the molecule is CCOC(=O)[C@](O)(NC(=O)[C@H](C)CC)C(F)(F)F. The molecule has 0 aromatic heterocycles. The number of halogens is 3. The number of hydrogen-bond acceptors (Lipinski definition) is 4. The van der Waals surface area contributed by atoms with Crippen molar-refractivity contribution in [1.82, 2.24) is 5.32 Å². The maximum absolute atomic E-state index is 12.6. The Kier molecular flexibility index (Phi) is 5.59. The van der Waals surface area contributed by atoms with Crippen molar-refractivity contribution in [2.75, 3.05) is 6.61 Å². The smallest absolute Gasteiger partial charge is 0.448 e. The van der Waals surface area contributed by atoms with Crippen LogP contribution >= 0.6 is 0 Å². The van der Waals surface area contributed by atoms with Crippen molar-refractivity contribution in [2.45, 2.75) is 39.1 Å². The van der Waals surface area contributed by atoms with E-state index in [4.69, 9.17) is 0 Å². The first-order valence-corrected chi connectivity index (χ1v) is 5.38. The summed E-state index contributed by atoms with van der Waals surface area (Å²) in [5.74, 6) is -3.80. The number of carbonyl (C=O) groups is 2. The molecule has 0 aliphatic rings. The number of esters is 1. The van der Waals surface area contributed by atoms with Gasteiger partial charge in [0.25, 0.3) is 0 Å². The number of amides is 1. The number of aliphatic hydroxyl groups is 1. The molecule has 0 heterocycles. The van der Waals surface area contributed by atoms with E-state index in [1.165, 1.54) is 19.2 Å². The summed E-state index contributed by atoms with van der Waals surface area (Å²) in [4.78, 5) is 22.5. The fraction of sp³-hybridized carbons (Fsp3) is 0.800. The lowest BCUT2D eigenvalue weighted by atomic mass is 10.1. The number of alkyl halides is 3. The molecule has 0 aromatic carbocycles. The summed E-state index contributed by atoms with van der Waals surface area (Å²) < 4.78 is 42.0. The highest BCUT2D eigenvalue weighted by molar-refractivity contribution is 5.88. The zero-order chi connectivity index (χ0) is 14.6. The molecule has 0 unspecified atom stereocenters. The summed E-state index contributed by atoms with van der Waals surface area (Å²) >= 11 is 0. The van der Waals surface area contributed by atoms with Crippen LogP contribution in [0.4, 0.5) is 13.2 Å². The Bertz CT molecular complexity index is 319. The lowest BCUT2D eigenvalue weighted by Gasteiger charge is -2.29. The summed E-state index contributed by atoms with van der Waals surface area (Å²) in [6, 6.07) is 0. The largest absolute Gasteiger partial charge is 0.462 e. The van der Waals surface area contributed by atoms with Crippen LogP contribution in [0.1, 0.15) is 27.2 Å². The summed E-state index contributed by atoms with van der Waals surface area (Å²) in [6.07, 6.45) is -5.09. The van der Waals surface area contributed by atoms with Gasteiger partial charge >= 0.3 is 17.9 Å². The number of nitrogens with one attached hydrogen (secondary N) is 1. The molecule has 1 amide bonds. The molecule has 0 rings (SSSR count). The quantitative estimate of drug-likeness (QED) is 0.577. The molecule has 0 aromatic rings. The molecule has 0 saturated carbocycles. The predicted molar refractivity (Wildman–Crippen MR) is 55.2 cm³/mol. The van der Waals surface area contributed by atoms with Crippen molar-refractivity contribution in [3.63, 3.8) is 0 Å². The van der Waals surface area contributed by atoms with Crippen LogP contribution in [-0.4, -0.2) is 35.5 Å². The fourth-order valence-electron chi connectivity index (χ4n) is 0.960. The minimum atomic E-state index is -5.36. The number of ether oxygens (including phenoxy) is 1. The average Bonchev–Trinajstić information content (AvgIpc) is 2.26. The second-order valence-corrected chi connectivity index (χ2v) is 3.73. The van der Waals surface area contributed by atoms with Crippen LogP contribution in [-0.2, 0) is 14.3 Å². The van der Waals surface area contributed by atoms with Gasteiger partial charge in [-0.3, -0.25) is 4.79 Å².